The molecule has 0 unspecified atom stereocenters. The largest absolute Gasteiger partial charge is 0.511 e. The van der Waals surface area contributed by atoms with Crippen LogP contribution in [0.25, 0.3) is 0 Å². The molecule has 0 radical (unpaired) electrons. The number of aliphatic hydroxyl groups excluding tert-OH is 2. The van der Waals surface area contributed by atoms with Crippen molar-refractivity contribution >= 4 is 40.6 Å². The molecule has 0 aromatic heterocycles. The highest BCUT2D eigenvalue weighted by Gasteiger charge is 2.44. The van der Waals surface area contributed by atoms with Gasteiger partial charge in [0.15, 0.2) is 17.3 Å². The van der Waals surface area contributed by atoms with Crippen molar-refractivity contribution in [2.75, 3.05) is 7.11 Å². The van der Waals surface area contributed by atoms with Gasteiger partial charge < -0.3 is 35.4 Å². The highest BCUT2D eigenvalue weighted by Crippen LogP contribution is 2.45. The Morgan fingerprint density at radius 1 is 0.735 bits per heavy atom. The number of rotatable bonds is 11. The van der Waals surface area contributed by atoms with E-state index < -0.39 is 51.4 Å². The van der Waals surface area contributed by atoms with Crippen molar-refractivity contribution in [2.45, 2.75) is 66.2 Å². The molecule has 0 bridgehead atoms. The number of benzene rings is 3. The van der Waals surface area contributed by atoms with Crippen LogP contribution in [0.3, 0.4) is 0 Å². The van der Waals surface area contributed by atoms with Crippen LogP contribution in [-0.2, 0) is 22.4 Å². The molecule has 4 rings (SSSR count). The third kappa shape index (κ3) is 8.50. The molecular weight excluding hydrogens is 675 g/mol. The molecule has 1 aliphatic carbocycles. The molecule has 1 aliphatic rings. The number of ketones is 3. The predicted octanol–water partition coefficient (Wildman–Crippen LogP) is 8.23. The maximum atomic E-state index is 13.2. The molecule has 0 heterocycles. The van der Waals surface area contributed by atoms with Crippen molar-refractivity contribution in [1.29, 1.82) is 0 Å². The molecule has 0 saturated carbocycles. The first-order valence-corrected chi connectivity index (χ1v) is 16.3. The van der Waals surface area contributed by atoms with Crippen molar-refractivity contribution in [2.24, 2.45) is 5.41 Å². The fraction of sp³-hybridized carbons (Fsp3) is 0.324. The fourth-order valence-electron chi connectivity index (χ4n) is 5.37. The van der Waals surface area contributed by atoms with Gasteiger partial charge in [-0.1, -0.05) is 37.0 Å². The van der Waals surface area contributed by atoms with E-state index in [1.54, 1.807) is 38.1 Å². The van der Waals surface area contributed by atoms with Gasteiger partial charge in [0.2, 0.25) is 0 Å². The summed E-state index contributed by atoms with van der Waals surface area (Å²) in [5, 5.41) is 62.9. The average Bonchev–Trinajstić information content (AvgIpc) is 3.03. The van der Waals surface area contributed by atoms with Gasteiger partial charge in [0.1, 0.15) is 51.4 Å². The Morgan fingerprint density at radius 3 is 1.73 bits per heavy atom. The van der Waals surface area contributed by atoms with Gasteiger partial charge in [-0.2, -0.15) is 0 Å². The molecule has 10 nitrogen and oxygen atoms in total. The van der Waals surface area contributed by atoms with E-state index in [9.17, 15) is 45.0 Å². The molecule has 0 aliphatic heterocycles. The summed E-state index contributed by atoms with van der Waals surface area (Å²) in [4.78, 5) is 38.2. The number of halogens is 2. The van der Waals surface area contributed by atoms with Gasteiger partial charge in [-0.05, 0) is 74.2 Å². The number of methoxy groups -OCH3 is 1. The van der Waals surface area contributed by atoms with Crippen molar-refractivity contribution in [3.05, 3.63) is 97.4 Å². The third-order valence-corrected chi connectivity index (χ3v) is 8.57. The zero-order valence-corrected chi connectivity index (χ0v) is 29.4. The number of phenols is 4. The van der Waals surface area contributed by atoms with E-state index in [1.165, 1.54) is 33.1 Å². The number of ether oxygens (including phenoxy) is 1. The molecule has 3 aromatic rings. The Labute approximate surface area is 294 Å². The van der Waals surface area contributed by atoms with Crippen LogP contribution >= 0.6 is 23.2 Å². The SMILES string of the molecule is CCCC(=O)C1=C(O)C(C)(C)C(O)=C(Cc2c(OC)cc(O)c(C(=O)CCC)c2O)C1=O.Oc1ccc(Cl)cc1Cc1cc(Cl)ccc1O. The maximum Gasteiger partial charge on any atom is 0.199 e. The number of aliphatic hydroxyl groups is 2. The van der Waals surface area contributed by atoms with Crippen LogP contribution in [0.1, 0.15) is 80.4 Å². The molecular formula is C37H40Cl2O10. The van der Waals surface area contributed by atoms with Gasteiger partial charge in [-0.15, -0.1) is 0 Å². The Bertz CT molecular complexity index is 1790. The lowest BCUT2D eigenvalue weighted by molar-refractivity contribution is -0.120. The van der Waals surface area contributed by atoms with E-state index in [1.807, 2.05) is 0 Å². The number of hydrogen-bond acceptors (Lipinski definition) is 10. The van der Waals surface area contributed by atoms with Gasteiger partial charge in [0.25, 0.3) is 0 Å². The van der Waals surface area contributed by atoms with E-state index in [0.29, 0.717) is 40.4 Å². The molecule has 3 aromatic carbocycles. The minimum absolute atomic E-state index is 0.000774. The Kier molecular flexibility index (Phi) is 12.8. The van der Waals surface area contributed by atoms with Crippen molar-refractivity contribution in [1.82, 2.24) is 0 Å². The number of carbonyl (C=O) groups is 3. The van der Waals surface area contributed by atoms with Crippen molar-refractivity contribution in [3.63, 3.8) is 0 Å². The summed E-state index contributed by atoms with van der Waals surface area (Å²) >= 11 is 11.7. The minimum atomic E-state index is -1.41. The van der Waals surface area contributed by atoms with Gasteiger partial charge >= 0.3 is 0 Å². The van der Waals surface area contributed by atoms with Crippen molar-refractivity contribution < 1.29 is 49.8 Å². The van der Waals surface area contributed by atoms with E-state index in [-0.39, 0.29) is 53.2 Å². The van der Waals surface area contributed by atoms with E-state index in [2.05, 4.69) is 0 Å². The summed E-state index contributed by atoms with van der Waals surface area (Å²) in [5.41, 5.74) is -1.03. The molecule has 0 fully saturated rings. The Morgan fingerprint density at radius 2 is 1.24 bits per heavy atom. The van der Waals surface area contributed by atoms with Gasteiger partial charge in [0, 0.05) is 52.9 Å². The lowest BCUT2D eigenvalue weighted by atomic mass is 9.74. The molecule has 6 N–H and O–H groups in total. The second-order valence-electron chi connectivity index (χ2n) is 12.1. The maximum absolute atomic E-state index is 13.2. The summed E-state index contributed by atoms with van der Waals surface area (Å²) < 4.78 is 5.22. The second-order valence-corrected chi connectivity index (χ2v) is 12.9. The summed E-state index contributed by atoms with van der Waals surface area (Å²) in [6, 6.07) is 10.8. The first-order chi connectivity index (χ1) is 23.0. The molecule has 0 spiro atoms. The number of Topliss-reactive ketones (excluding diaryl/α,β-unsaturated/α-hetero) is 3. The van der Waals surface area contributed by atoms with Crippen LogP contribution in [-0.4, -0.2) is 55.1 Å². The van der Waals surface area contributed by atoms with Gasteiger partial charge in [-0.25, -0.2) is 0 Å². The van der Waals surface area contributed by atoms with E-state index in [4.69, 9.17) is 27.9 Å². The molecule has 0 saturated heterocycles. The molecule has 0 amide bonds. The topological polar surface area (TPSA) is 182 Å². The number of phenolic OH excluding ortho intramolecular Hbond substituents is 4. The van der Waals surface area contributed by atoms with Crippen LogP contribution in [0.2, 0.25) is 10.0 Å². The zero-order chi connectivity index (χ0) is 36.8. The summed E-state index contributed by atoms with van der Waals surface area (Å²) in [5.74, 6) is -3.59. The number of hydrogen-bond donors (Lipinski definition) is 6. The minimum Gasteiger partial charge on any atom is -0.511 e. The third-order valence-electron chi connectivity index (χ3n) is 8.10. The van der Waals surface area contributed by atoms with E-state index >= 15 is 0 Å². The lowest BCUT2D eigenvalue weighted by Crippen LogP contribution is -2.33. The van der Waals surface area contributed by atoms with Gasteiger partial charge in [0.05, 0.1) is 12.5 Å². The lowest BCUT2D eigenvalue weighted by Gasteiger charge is -2.31. The van der Waals surface area contributed by atoms with Gasteiger partial charge in [-0.3, -0.25) is 14.4 Å². The molecule has 0 atom stereocenters. The molecule has 12 heteroatoms. The van der Waals surface area contributed by atoms with Crippen LogP contribution in [0.4, 0.5) is 0 Å². The summed E-state index contributed by atoms with van der Waals surface area (Å²) in [7, 11) is 1.29. The van der Waals surface area contributed by atoms with Crippen LogP contribution in [0.15, 0.2) is 65.1 Å². The van der Waals surface area contributed by atoms with Crippen LogP contribution in [0.5, 0.6) is 28.7 Å². The Hall–Kier alpha value is -4.67. The molecule has 49 heavy (non-hydrogen) atoms. The smallest absolute Gasteiger partial charge is 0.199 e. The monoisotopic (exact) mass is 714 g/mol. The summed E-state index contributed by atoms with van der Waals surface area (Å²) in [6.07, 6.45) is 1.07. The highest BCUT2D eigenvalue weighted by molar-refractivity contribution is 6.31. The second kappa shape index (κ2) is 16.2. The number of allylic oxidation sites excluding steroid dienone is 2. The van der Waals surface area contributed by atoms with Crippen LogP contribution < -0.4 is 4.74 Å². The standard InChI is InChI=1S/C24H30O8.C13H10Cl2O2/c1-6-8-14(25)18-16(27)11-17(32-5)12(20(18)28)10-13-21(29)19(15(26)9-7-2)23(31)24(3,4)22(13)30;14-10-1-3-12(16)8(6-10)5-9-7-11(15)2-4-13(9)17/h11,27-28,30-31H,6-10H2,1-5H3;1-4,6-7,16-17H,5H2. The zero-order valence-electron chi connectivity index (χ0n) is 27.9. The van der Waals surface area contributed by atoms with Crippen LogP contribution in [0, 0.1) is 5.41 Å². The predicted molar refractivity (Wildman–Crippen MR) is 186 cm³/mol. The fourth-order valence-corrected chi connectivity index (χ4v) is 5.76. The average molecular weight is 716 g/mol. The molecule has 262 valence electrons. The Balaban J connectivity index is 0.000000319. The van der Waals surface area contributed by atoms with Crippen molar-refractivity contribution in [3.8, 4) is 28.7 Å². The highest BCUT2D eigenvalue weighted by atomic mass is 35.5. The number of aromatic hydroxyl groups is 4. The first-order valence-electron chi connectivity index (χ1n) is 15.5. The quantitative estimate of drug-likeness (QED) is 0.0836. The number of carbonyl (C=O) groups excluding carboxylic acids is 3. The first kappa shape index (κ1) is 38.8. The summed E-state index contributed by atoms with van der Waals surface area (Å²) in [6.45, 7) is 6.47. The van der Waals surface area contributed by atoms with E-state index in [0.717, 1.165) is 6.07 Å². The normalized spacial score (nSPS) is 14.0.